The maximum absolute atomic E-state index is 12.0. The van der Waals surface area contributed by atoms with E-state index in [1.165, 1.54) is 26.2 Å². The molecule has 0 atom stereocenters. The van der Waals surface area contributed by atoms with E-state index in [4.69, 9.17) is 4.74 Å². The molecule has 23 heavy (non-hydrogen) atoms. The molecule has 1 aromatic carbocycles. The number of pyridine rings is 1. The van der Waals surface area contributed by atoms with Crippen molar-refractivity contribution < 1.29 is 24.0 Å². The van der Waals surface area contributed by atoms with Crippen LogP contribution < -0.4 is 19.9 Å². The second-order valence-corrected chi connectivity index (χ2v) is 4.85. The zero-order valence-electron chi connectivity index (χ0n) is 12.9. The molecule has 0 fully saturated rings. The molecular weight excluding hydrogens is 298 g/mol. The molecule has 7 nitrogen and oxygen atoms in total. The molecule has 0 saturated heterocycles. The van der Waals surface area contributed by atoms with Gasteiger partial charge in [-0.3, -0.25) is 9.59 Å². The zero-order valence-corrected chi connectivity index (χ0v) is 12.9. The summed E-state index contributed by atoms with van der Waals surface area (Å²) in [5, 5.41) is 15.2. The summed E-state index contributed by atoms with van der Waals surface area (Å²) in [4.78, 5) is 23.2. The zero-order chi connectivity index (χ0) is 16.8. The summed E-state index contributed by atoms with van der Waals surface area (Å²) in [7, 11) is 1.43. The predicted octanol–water partition coefficient (Wildman–Crippen LogP) is 1.29. The van der Waals surface area contributed by atoms with Crippen LogP contribution in [0.4, 0.5) is 11.4 Å². The lowest BCUT2D eigenvalue weighted by Crippen LogP contribution is -2.39. The van der Waals surface area contributed by atoms with E-state index in [1.807, 2.05) is 18.2 Å². The van der Waals surface area contributed by atoms with Gasteiger partial charge in [-0.1, -0.05) is 6.07 Å². The number of nitrogens with zero attached hydrogens (tertiary/aromatic N) is 1. The van der Waals surface area contributed by atoms with Crippen molar-refractivity contribution in [1.29, 1.82) is 0 Å². The van der Waals surface area contributed by atoms with Gasteiger partial charge >= 0.3 is 0 Å². The van der Waals surface area contributed by atoms with Crippen LogP contribution in [0, 0.1) is 0 Å². The summed E-state index contributed by atoms with van der Waals surface area (Å²) in [6.45, 7) is 1.46. The van der Waals surface area contributed by atoms with E-state index in [0.29, 0.717) is 11.4 Å². The Kier molecular flexibility index (Phi) is 5.14. The normalized spacial score (nSPS) is 10.0. The van der Waals surface area contributed by atoms with Crippen molar-refractivity contribution in [2.45, 2.75) is 13.5 Å². The van der Waals surface area contributed by atoms with Crippen molar-refractivity contribution in [3.63, 3.8) is 0 Å². The molecule has 0 unspecified atom stereocenters. The maximum Gasteiger partial charge on any atom is 0.290 e. The quantitative estimate of drug-likeness (QED) is 0.572. The van der Waals surface area contributed by atoms with Gasteiger partial charge in [-0.25, -0.2) is 0 Å². The van der Waals surface area contributed by atoms with Crippen molar-refractivity contribution >= 4 is 23.2 Å². The fourth-order valence-corrected chi connectivity index (χ4v) is 2.02. The Balaban J connectivity index is 2.16. The minimum atomic E-state index is -0.300. The summed E-state index contributed by atoms with van der Waals surface area (Å²) in [5.74, 6) is -0.424. The number of rotatable bonds is 5. The number of phenolic OH excluding ortho intramolecular Hbond substituents is 1. The molecule has 0 aliphatic carbocycles. The van der Waals surface area contributed by atoms with E-state index in [2.05, 4.69) is 10.6 Å². The highest BCUT2D eigenvalue weighted by Gasteiger charge is 2.15. The fraction of sp³-hybridized carbons (Fsp3) is 0.188. The number of hydrogen-bond donors (Lipinski definition) is 3. The lowest BCUT2D eigenvalue weighted by Gasteiger charge is -2.13. The third kappa shape index (κ3) is 4.44. The average molecular weight is 316 g/mol. The van der Waals surface area contributed by atoms with E-state index in [-0.39, 0.29) is 29.8 Å². The molecule has 7 heteroatoms. The van der Waals surface area contributed by atoms with Gasteiger partial charge in [0.2, 0.25) is 12.5 Å². The number of nitrogens with one attached hydrogen (secondary N) is 2. The van der Waals surface area contributed by atoms with Crippen molar-refractivity contribution in [3.05, 3.63) is 42.7 Å². The van der Waals surface area contributed by atoms with Crippen LogP contribution in [-0.2, 0) is 16.1 Å². The number of amides is 2. The number of ether oxygens (including phenoxy) is 1. The van der Waals surface area contributed by atoms with Gasteiger partial charge in [0.25, 0.3) is 5.91 Å². The molecule has 0 aliphatic heterocycles. The summed E-state index contributed by atoms with van der Waals surface area (Å²) >= 11 is 0. The molecule has 120 valence electrons. The van der Waals surface area contributed by atoms with Crippen LogP contribution in [-0.4, -0.2) is 24.0 Å². The van der Waals surface area contributed by atoms with Gasteiger partial charge in [0.15, 0.2) is 12.4 Å². The second kappa shape index (κ2) is 7.26. The highest BCUT2D eigenvalue weighted by Crippen LogP contribution is 2.35. The maximum atomic E-state index is 12.0. The number of methoxy groups -OCH3 is 1. The molecular formula is C16H18N3O4+. The molecule has 2 rings (SSSR count). The largest absolute Gasteiger partial charge is 0.506 e. The molecule has 2 aromatic rings. The van der Waals surface area contributed by atoms with Gasteiger partial charge in [0, 0.05) is 31.2 Å². The van der Waals surface area contributed by atoms with Crippen molar-refractivity contribution in [3.8, 4) is 11.5 Å². The minimum absolute atomic E-state index is 0.107. The number of anilines is 2. The molecule has 1 heterocycles. The van der Waals surface area contributed by atoms with Crippen LogP contribution >= 0.6 is 0 Å². The molecule has 1 aromatic heterocycles. The fourth-order valence-electron chi connectivity index (χ4n) is 2.02. The Morgan fingerprint density at radius 1 is 1.13 bits per heavy atom. The van der Waals surface area contributed by atoms with Crippen LogP contribution in [0.25, 0.3) is 0 Å². The molecule has 2 amide bonds. The van der Waals surface area contributed by atoms with E-state index in [1.54, 1.807) is 17.0 Å². The molecule has 0 aliphatic rings. The van der Waals surface area contributed by atoms with Gasteiger partial charge in [0.1, 0.15) is 11.5 Å². The number of benzene rings is 1. The first-order valence-electron chi connectivity index (χ1n) is 6.92. The summed E-state index contributed by atoms with van der Waals surface area (Å²) in [5.41, 5.74) is 0.533. The first-order valence-corrected chi connectivity index (χ1v) is 6.92. The van der Waals surface area contributed by atoms with Gasteiger partial charge in [-0.15, -0.1) is 0 Å². The Labute approximate surface area is 133 Å². The number of phenols is 1. The highest BCUT2D eigenvalue weighted by atomic mass is 16.5. The van der Waals surface area contributed by atoms with E-state index in [9.17, 15) is 14.7 Å². The Morgan fingerprint density at radius 2 is 1.83 bits per heavy atom. The average Bonchev–Trinajstić information content (AvgIpc) is 2.50. The Bertz CT molecular complexity index is 717. The summed E-state index contributed by atoms with van der Waals surface area (Å²) < 4.78 is 6.86. The number of aromatic hydroxyl groups is 1. The van der Waals surface area contributed by atoms with Crippen LogP contribution in [0.15, 0.2) is 42.7 Å². The molecule has 0 bridgehead atoms. The Hall–Kier alpha value is -3.09. The Morgan fingerprint density at radius 3 is 2.43 bits per heavy atom. The molecule has 3 N–H and O–H groups in total. The number of hydrogen-bond acceptors (Lipinski definition) is 4. The molecule has 0 spiro atoms. The topological polar surface area (TPSA) is 91.5 Å². The van der Waals surface area contributed by atoms with Crippen LogP contribution in [0.5, 0.6) is 11.5 Å². The smallest absolute Gasteiger partial charge is 0.290 e. The lowest BCUT2D eigenvalue weighted by molar-refractivity contribution is -0.684. The highest BCUT2D eigenvalue weighted by molar-refractivity contribution is 5.95. The number of aromatic nitrogens is 1. The predicted molar refractivity (Wildman–Crippen MR) is 84.2 cm³/mol. The lowest BCUT2D eigenvalue weighted by atomic mass is 10.2. The number of carbonyl (C=O) groups excluding carboxylic acids is 2. The van der Waals surface area contributed by atoms with Gasteiger partial charge in [-0.05, 0) is 0 Å². The van der Waals surface area contributed by atoms with E-state index < -0.39 is 0 Å². The summed E-state index contributed by atoms with van der Waals surface area (Å²) in [6, 6.07) is 8.26. The first kappa shape index (κ1) is 16.3. The van der Waals surface area contributed by atoms with Crippen LogP contribution in [0.1, 0.15) is 6.92 Å². The molecule has 0 radical (unpaired) electrons. The van der Waals surface area contributed by atoms with E-state index >= 15 is 0 Å². The third-order valence-corrected chi connectivity index (χ3v) is 3.01. The monoisotopic (exact) mass is 316 g/mol. The number of carbonyl (C=O) groups is 2. The van der Waals surface area contributed by atoms with Crippen molar-refractivity contribution in [2.75, 3.05) is 17.7 Å². The third-order valence-electron chi connectivity index (χ3n) is 3.01. The SMILES string of the molecule is COc1cc(NC(=O)C[n+]2ccccc2)c(O)cc1NC(C)=O. The van der Waals surface area contributed by atoms with Crippen LogP contribution in [0.3, 0.4) is 0 Å². The first-order chi connectivity index (χ1) is 11.0. The van der Waals surface area contributed by atoms with Crippen LogP contribution in [0.2, 0.25) is 0 Å². The second-order valence-electron chi connectivity index (χ2n) is 4.85. The summed E-state index contributed by atoms with van der Waals surface area (Å²) in [6.07, 6.45) is 3.53. The van der Waals surface area contributed by atoms with Gasteiger partial charge < -0.3 is 20.5 Å². The van der Waals surface area contributed by atoms with Crippen molar-refractivity contribution in [1.82, 2.24) is 0 Å². The van der Waals surface area contributed by atoms with E-state index in [0.717, 1.165) is 0 Å². The van der Waals surface area contributed by atoms with Crippen molar-refractivity contribution in [2.24, 2.45) is 0 Å². The van der Waals surface area contributed by atoms with Gasteiger partial charge in [0.05, 0.1) is 18.5 Å². The molecule has 0 saturated carbocycles. The standard InChI is InChI=1S/C16H17N3O4/c1-11(20)17-13-8-14(21)12(9-15(13)23-2)18-16(22)10-19-6-4-3-5-7-19/h3-9H,10H2,1-2H3,(H2-,17,18,20,21,22)/p+1. The minimum Gasteiger partial charge on any atom is -0.506 e. The van der Waals surface area contributed by atoms with Gasteiger partial charge in [-0.2, -0.15) is 4.57 Å².